The fraction of sp³-hybridized carbons (Fsp3) is 0.444. The Balaban J connectivity index is 2.53. The van der Waals surface area contributed by atoms with Gasteiger partial charge in [0, 0.05) is 12.2 Å². The zero-order chi connectivity index (χ0) is 9.84. The molecule has 0 aromatic rings. The van der Waals surface area contributed by atoms with Gasteiger partial charge >= 0.3 is 5.97 Å². The zero-order valence-electron chi connectivity index (χ0n) is 7.60. The summed E-state index contributed by atoms with van der Waals surface area (Å²) in [6.45, 7) is 2.38. The van der Waals surface area contributed by atoms with Crippen molar-refractivity contribution in [3.05, 3.63) is 23.9 Å². The lowest BCUT2D eigenvalue weighted by atomic mass is 10.2. The number of aliphatic carboxylic acids is 1. The van der Waals surface area contributed by atoms with Crippen LogP contribution >= 0.6 is 0 Å². The van der Waals surface area contributed by atoms with Crippen molar-refractivity contribution in [3.63, 3.8) is 0 Å². The Bertz CT molecular complexity index is 258. The number of rotatable bonds is 3. The molecule has 0 aromatic heterocycles. The van der Waals surface area contributed by atoms with Gasteiger partial charge in [-0.25, -0.2) is 0 Å². The van der Waals surface area contributed by atoms with Crippen LogP contribution in [0.1, 0.15) is 13.3 Å². The predicted molar refractivity (Wildman–Crippen MR) is 49.8 cm³/mol. The molecule has 1 atom stereocenters. The molecule has 0 amide bonds. The Morgan fingerprint density at radius 1 is 1.77 bits per heavy atom. The van der Waals surface area contributed by atoms with Crippen molar-refractivity contribution in [2.45, 2.75) is 19.5 Å². The number of nitrogens with zero attached hydrogens (tertiary/aromatic N) is 1. The van der Waals surface area contributed by atoms with E-state index < -0.39 is 5.97 Å². The van der Waals surface area contributed by atoms with Gasteiger partial charge in [0.05, 0.1) is 12.6 Å². The SMILES string of the molecule is CC1=CC=CC(N)N1CCC(=O)O. The number of carboxylic acid groups (broad SMARTS) is 1. The van der Waals surface area contributed by atoms with Gasteiger partial charge in [-0.1, -0.05) is 6.08 Å². The second-order valence-electron chi connectivity index (χ2n) is 3.02. The van der Waals surface area contributed by atoms with Gasteiger partial charge in [-0.05, 0) is 19.1 Å². The number of hydrogen-bond donors (Lipinski definition) is 2. The van der Waals surface area contributed by atoms with Gasteiger partial charge in [0.25, 0.3) is 0 Å². The average Bonchev–Trinajstić information content (AvgIpc) is 2.03. The largest absolute Gasteiger partial charge is 0.481 e. The zero-order valence-corrected chi connectivity index (χ0v) is 7.60. The van der Waals surface area contributed by atoms with E-state index in [4.69, 9.17) is 10.8 Å². The van der Waals surface area contributed by atoms with Gasteiger partial charge in [-0.15, -0.1) is 0 Å². The van der Waals surface area contributed by atoms with E-state index in [-0.39, 0.29) is 12.6 Å². The van der Waals surface area contributed by atoms with Crippen LogP contribution in [0.3, 0.4) is 0 Å². The summed E-state index contributed by atoms with van der Waals surface area (Å²) < 4.78 is 0. The molecule has 1 heterocycles. The predicted octanol–water partition coefficient (Wildman–Crippen LogP) is 0.522. The van der Waals surface area contributed by atoms with Crippen molar-refractivity contribution in [1.29, 1.82) is 0 Å². The first-order chi connectivity index (χ1) is 6.11. The molecule has 0 radical (unpaired) electrons. The van der Waals surface area contributed by atoms with Gasteiger partial charge in [0.2, 0.25) is 0 Å². The van der Waals surface area contributed by atoms with Gasteiger partial charge in [-0.2, -0.15) is 0 Å². The molecule has 1 unspecified atom stereocenters. The van der Waals surface area contributed by atoms with E-state index in [1.165, 1.54) is 0 Å². The Hall–Kier alpha value is -1.29. The van der Waals surface area contributed by atoms with Crippen molar-refractivity contribution < 1.29 is 9.90 Å². The third-order valence-corrected chi connectivity index (χ3v) is 2.03. The molecule has 0 aliphatic carbocycles. The Kier molecular flexibility index (Phi) is 3.08. The summed E-state index contributed by atoms with van der Waals surface area (Å²) in [7, 11) is 0. The van der Waals surface area contributed by atoms with E-state index in [0.717, 1.165) is 5.70 Å². The molecule has 1 rings (SSSR count). The maximum atomic E-state index is 10.4. The van der Waals surface area contributed by atoms with E-state index in [2.05, 4.69) is 0 Å². The van der Waals surface area contributed by atoms with E-state index in [0.29, 0.717) is 6.54 Å². The average molecular weight is 182 g/mol. The summed E-state index contributed by atoms with van der Waals surface area (Å²) >= 11 is 0. The Morgan fingerprint density at radius 3 is 3.00 bits per heavy atom. The molecule has 0 fully saturated rings. The molecule has 0 bridgehead atoms. The number of allylic oxidation sites excluding steroid dienone is 3. The highest BCUT2D eigenvalue weighted by molar-refractivity contribution is 5.66. The van der Waals surface area contributed by atoms with Crippen LogP contribution in [-0.2, 0) is 4.79 Å². The summed E-state index contributed by atoms with van der Waals surface area (Å²) in [6.07, 6.45) is 5.58. The minimum absolute atomic E-state index is 0.118. The lowest BCUT2D eigenvalue weighted by molar-refractivity contribution is -0.137. The number of hydrogen-bond acceptors (Lipinski definition) is 3. The molecular formula is C9H14N2O2. The Labute approximate surface area is 77.3 Å². The van der Waals surface area contributed by atoms with Crippen molar-refractivity contribution in [1.82, 2.24) is 4.90 Å². The van der Waals surface area contributed by atoms with E-state index >= 15 is 0 Å². The maximum absolute atomic E-state index is 10.4. The van der Waals surface area contributed by atoms with Crippen molar-refractivity contribution >= 4 is 5.97 Å². The van der Waals surface area contributed by atoms with Crippen LogP contribution < -0.4 is 5.73 Å². The molecule has 72 valence electrons. The molecule has 0 saturated carbocycles. The minimum Gasteiger partial charge on any atom is -0.481 e. The lowest BCUT2D eigenvalue weighted by Gasteiger charge is -2.31. The summed E-state index contributed by atoms with van der Waals surface area (Å²) in [5.41, 5.74) is 6.77. The highest BCUT2D eigenvalue weighted by atomic mass is 16.4. The van der Waals surface area contributed by atoms with Crippen LogP contribution in [0.5, 0.6) is 0 Å². The fourth-order valence-electron chi connectivity index (χ4n) is 1.28. The minimum atomic E-state index is -0.797. The molecule has 4 nitrogen and oxygen atoms in total. The summed E-state index contributed by atoms with van der Waals surface area (Å²) in [5, 5.41) is 8.51. The van der Waals surface area contributed by atoms with Crippen LogP contribution in [0.15, 0.2) is 23.9 Å². The Morgan fingerprint density at radius 2 is 2.46 bits per heavy atom. The van der Waals surface area contributed by atoms with Crippen molar-refractivity contribution in [3.8, 4) is 0 Å². The first-order valence-electron chi connectivity index (χ1n) is 4.20. The topological polar surface area (TPSA) is 66.6 Å². The molecule has 13 heavy (non-hydrogen) atoms. The van der Waals surface area contributed by atoms with E-state index in [1.54, 1.807) is 0 Å². The van der Waals surface area contributed by atoms with Gasteiger partial charge in [-0.3, -0.25) is 4.79 Å². The maximum Gasteiger partial charge on any atom is 0.305 e. The standard InChI is InChI=1S/C9H14N2O2/c1-7-3-2-4-8(10)11(7)6-5-9(12)13/h2-4,8H,5-6,10H2,1H3,(H,12,13). The van der Waals surface area contributed by atoms with Crippen molar-refractivity contribution in [2.24, 2.45) is 5.73 Å². The summed E-state index contributed by atoms with van der Waals surface area (Å²) in [5.74, 6) is -0.797. The van der Waals surface area contributed by atoms with Crippen LogP contribution in [-0.4, -0.2) is 28.7 Å². The second-order valence-corrected chi connectivity index (χ2v) is 3.02. The first-order valence-corrected chi connectivity index (χ1v) is 4.20. The van der Waals surface area contributed by atoms with E-state index in [9.17, 15) is 4.79 Å². The van der Waals surface area contributed by atoms with Crippen LogP contribution in [0, 0.1) is 0 Å². The third-order valence-electron chi connectivity index (χ3n) is 2.03. The molecule has 0 saturated heterocycles. The van der Waals surface area contributed by atoms with Crippen molar-refractivity contribution in [2.75, 3.05) is 6.54 Å². The highest BCUT2D eigenvalue weighted by Crippen LogP contribution is 2.12. The molecule has 3 N–H and O–H groups in total. The van der Waals surface area contributed by atoms with E-state index in [1.807, 2.05) is 30.1 Å². The molecule has 1 aliphatic rings. The van der Waals surface area contributed by atoms with Crippen LogP contribution in [0.25, 0.3) is 0 Å². The lowest BCUT2D eigenvalue weighted by Crippen LogP contribution is -2.41. The fourth-order valence-corrected chi connectivity index (χ4v) is 1.28. The molecule has 1 aliphatic heterocycles. The van der Waals surface area contributed by atoms with Gasteiger partial charge in [0.15, 0.2) is 0 Å². The quantitative estimate of drug-likeness (QED) is 0.667. The van der Waals surface area contributed by atoms with Gasteiger partial charge < -0.3 is 15.7 Å². The van der Waals surface area contributed by atoms with Crippen LogP contribution in [0.2, 0.25) is 0 Å². The second kappa shape index (κ2) is 4.09. The third kappa shape index (κ3) is 2.59. The summed E-state index contributed by atoms with van der Waals surface area (Å²) in [6, 6.07) is 0. The molecule has 4 heteroatoms. The smallest absolute Gasteiger partial charge is 0.305 e. The molecule has 0 spiro atoms. The molecule has 0 aromatic carbocycles. The van der Waals surface area contributed by atoms with Crippen LogP contribution in [0.4, 0.5) is 0 Å². The first kappa shape index (κ1) is 9.80. The highest BCUT2D eigenvalue weighted by Gasteiger charge is 2.14. The summed E-state index contributed by atoms with van der Waals surface area (Å²) in [4.78, 5) is 12.2. The number of nitrogens with two attached hydrogens (primary N) is 1. The normalized spacial score (nSPS) is 21.5. The number of carbonyl (C=O) groups is 1. The molecular weight excluding hydrogens is 168 g/mol. The monoisotopic (exact) mass is 182 g/mol. The van der Waals surface area contributed by atoms with Gasteiger partial charge in [0.1, 0.15) is 0 Å². The number of carboxylic acids is 1.